The molecule has 1 heterocycles. The Bertz CT molecular complexity index is 921. The van der Waals surface area contributed by atoms with Crippen molar-refractivity contribution in [2.24, 2.45) is 0 Å². The summed E-state index contributed by atoms with van der Waals surface area (Å²) in [5.41, 5.74) is 2.01. The fourth-order valence-corrected chi connectivity index (χ4v) is 2.91. The molecule has 0 aliphatic carbocycles. The van der Waals surface area contributed by atoms with Crippen molar-refractivity contribution in [1.82, 2.24) is 4.98 Å². The van der Waals surface area contributed by atoms with Gasteiger partial charge in [0.1, 0.15) is 11.6 Å². The second kappa shape index (κ2) is 7.88. The van der Waals surface area contributed by atoms with Crippen molar-refractivity contribution < 1.29 is 18.7 Å². The first-order valence-electron chi connectivity index (χ1n) is 7.76. The van der Waals surface area contributed by atoms with Gasteiger partial charge in [0.2, 0.25) is 0 Å². The highest BCUT2D eigenvalue weighted by Crippen LogP contribution is 2.25. The molecular formula is C19H15FN2O3S. The zero-order valence-electron chi connectivity index (χ0n) is 13.9. The minimum Gasteiger partial charge on any atom is -0.484 e. The van der Waals surface area contributed by atoms with Crippen LogP contribution in [0.25, 0.3) is 11.3 Å². The fourth-order valence-electron chi connectivity index (χ4n) is 2.17. The van der Waals surface area contributed by atoms with E-state index in [1.165, 1.54) is 30.4 Å². The van der Waals surface area contributed by atoms with Gasteiger partial charge in [0.15, 0.2) is 17.5 Å². The molecule has 0 spiro atoms. The number of thiazole rings is 1. The second-order valence-electron chi connectivity index (χ2n) is 5.46. The maximum absolute atomic E-state index is 13.0. The first kappa shape index (κ1) is 17.8. The molecule has 0 aliphatic heterocycles. The molecule has 7 heteroatoms. The van der Waals surface area contributed by atoms with Gasteiger partial charge in [0.05, 0.1) is 5.69 Å². The van der Waals surface area contributed by atoms with Crippen LogP contribution in [0.3, 0.4) is 0 Å². The highest BCUT2D eigenvalue weighted by molar-refractivity contribution is 7.14. The number of aromatic nitrogens is 1. The molecule has 3 aromatic rings. The smallest absolute Gasteiger partial charge is 0.264 e. The topological polar surface area (TPSA) is 68.3 Å². The molecule has 2 aromatic carbocycles. The summed E-state index contributed by atoms with van der Waals surface area (Å²) < 4.78 is 18.4. The molecule has 132 valence electrons. The van der Waals surface area contributed by atoms with E-state index < -0.39 is 0 Å². The van der Waals surface area contributed by atoms with Crippen molar-refractivity contribution >= 4 is 28.2 Å². The largest absolute Gasteiger partial charge is 0.484 e. The molecule has 1 N–H and O–H groups in total. The van der Waals surface area contributed by atoms with E-state index >= 15 is 0 Å². The van der Waals surface area contributed by atoms with Gasteiger partial charge in [-0.15, -0.1) is 11.3 Å². The average molecular weight is 370 g/mol. The summed E-state index contributed by atoms with van der Waals surface area (Å²) >= 11 is 1.27. The van der Waals surface area contributed by atoms with Gasteiger partial charge < -0.3 is 4.74 Å². The molecule has 0 unspecified atom stereocenters. The van der Waals surface area contributed by atoms with Crippen LogP contribution in [0.1, 0.15) is 17.3 Å². The lowest BCUT2D eigenvalue weighted by Gasteiger charge is -2.06. The number of nitrogens with one attached hydrogen (secondary N) is 1. The van der Waals surface area contributed by atoms with E-state index in [2.05, 4.69) is 10.3 Å². The highest BCUT2D eigenvalue weighted by Gasteiger charge is 2.09. The van der Waals surface area contributed by atoms with E-state index in [1.54, 1.807) is 41.8 Å². The number of hydrogen-bond donors (Lipinski definition) is 1. The third-order valence-corrected chi connectivity index (χ3v) is 4.28. The number of Topliss-reactive ketones (excluding diaryl/α,β-unsaturated/α-hetero) is 1. The molecule has 0 saturated heterocycles. The van der Waals surface area contributed by atoms with Gasteiger partial charge in [-0.1, -0.05) is 0 Å². The Labute approximate surface area is 153 Å². The summed E-state index contributed by atoms with van der Waals surface area (Å²) in [5, 5.41) is 4.88. The summed E-state index contributed by atoms with van der Waals surface area (Å²) in [4.78, 5) is 27.5. The first-order chi connectivity index (χ1) is 12.5. The Morgan fingerprint density at radius 3 is 2.46 bits per heavy atom. The zero-order valence-corrected chi connectivity index (χ0v) is 14.7. The minimum atomic E-state index is -0.347. The van der Waals surface area contributed by atoms with Crippen LogP contribution in [0.4, 0.5) is 9.52 Å². The van der Waals surface area contributed by atoms with Crippen molar-refractivity contribution in [3.8, 4) is 17.0 Å². The van der Waals surface area contributed by atoms with Crippen LogP contribution in [0.15, 0.2) is 53.9 Å². The summed E-state index contributed by atoms with van der Waals surface area (Å²) in [7, 11) is 0. The number of carbonyl (C=O) groups excluding carboxylic acids is 2. The highest BCUT2D eigenvalue weighted by atomic mass is 32.1. The number of rotatable bonds is 6. The van der Waals surface area contributed by atoms with Crippen molar-refractivity contribution in [3.63, 3.8) is 0 Å². The quantitative estimate of drug-likeness (QED) is 0.661. The number of carbonyl (C=O) groups is 2. The molecule has 1 aromatic heterocycles. The zero-order chi connectivity index (χ0) is 18.5. The third kappa shape index (κ3) is 4.52. The monoisotopic (exact) mass is 370 g/mol. The number of ether oxygens (including phenoxy) is 1. The molecule has 0 aliphatic rings. The molecule has 0 bridgehead atoms. The van der Waals surface area contributed by atoms with Crippen LogP contribution in [0.2, 0.25) is 0 Å². The van der Waals surface area contributed by atoms with Gasteiger partial charge in [-0.05, 0) is 55.5 Å². The maximum atomic E-state index is 13.0. The van der Waals surface area contributed by atoms with Crippen LogP contribution < -0.4 is 10.1 Å². The standard InChI is InChI=1S/C19H15FN2O3S/c1-12(23)13-4-8-16(9-5-13)25-10-18(24)22-19-21-17(11-26-19)14-2-6-15(20)7-3-14/h2-9,11H,10H2,1H3,(H,21,22,24). The molecule has 0 radical (unpaired) electrons. The lowest BCUT2D eigenvalue weighted by Crippen LogP contribution is -2.20. The lowest BCUT2D eigenvalue weighted by molar-refractivity contribution is -0.118. The van der Waals surface area contributed by atoms with Crippen molar-refractivity contribution in [1.29, 1.82) is 0 Å². The molecule has 1 amide bonds. The second-order valence-corrected chi connectivity index (χ2v) is 6.32. The lowest BCUT2D eigenvalue weighted by atomic mass is 10.1. The summed E-state index contributed by atoms with van der Waals surface area (Å²) in [5.74, 6) is -0.196. The number of halogens is 1. The number of nitrogens with zero attached hydrogens (tertiary/aromatic N) is 1. The van der Waals surface area contributed by atoms with Gasteiger partial charge in [-0.3, -0.25) is 14.9 Å². The van der Waals surface area contributed by atoms with E-state index in [0.29, 0.717) is 22.1 Å². The Balaban J connectivity index is 1.55. The number of amides is 1. The molecule has 0 saturated carbocycles. The average Bonchev–Trinajstić information content (AvgIpc) is 3.09. The van der Waals surface area contributed by atoms with Gasteiger partial charge in [-0.25, -0.2) is 9.37 Å². The number of ketones is 1. The van der Waals surface area contributed by atoms with Crippen LogP contribution in [0, 0.1) is 5.82 Å². The fraction of sp³-hybridized carbons (Fsp3) is 0.105. The number of benzene rings is 2. The number of hydrogen-bond acceptors (Lipinski definition) is 5. The van der Waals surface area contributed by atoms with Crippen LogP contribution in [0.5, 0.6) is 5.75 Å². The predicted octanol–water partition coefficient (Wildman–Crippen LogP) is 4.17. The summed E-state index contributed by atoms with van der Waals surface area (Å²) in [6, 6.07) is 12.5. The third-order valence-electron chi connectivity index (χ3n) is 3.52. The van der Waals surface area contributed by atoms with Crippen LogP contribution in [-0.2, 0) is 4.79 Å². The molecular weight excluding hydrogens is 355 g/mol. The van der Waals surface area contributed by atoms with E-state index in [4.69, 9.17) is 4.74 Å². The van der Waals surface area contributed by atoms with Gasteiger partial charge >= 0.3 is 0 Å². The van der Waals surface area contributed by atoms with E-state index in [1.807, 2.05) is 0 Å². The molecule has 26 heavy (non-hydrogen) atoms. The van der Waals surface area contributed by atoms with Gasteiger partial charge in [-0.2, -0.15) is 0 Å². The Kier molecular flexibility index (Phi) is 5.38. The molecule has 0 atom stereocenters. The van der Waals surface area contributed by atoms with E-state index in [0.717, 1.165) is 5.56 Å². The van der Waals surface area contributed by atoms with Crippen molar-refractivity contribution in [2.75, 3.05) is 11.9 Å². The Hall–Kier alpha value is -3.06. The van der Waals surface area contributed by atoms with Gasteiger partial charge in [0, 0.05) is 16.5 Å². The normalized spacial score (nSPS) is 10.4. The van der Waals surface area contributed by atoms with Crippen molar-refractivity contribution in [3.05, 3.63) is 65.3 Å². The summed E-state index contributed by atoms with van der Waals surface area (Å²) in [6.07, 6.45) is 0. The van der Waals surface area contributed by atoms with Crippen molar-refractivity contribution in [2.45, 2.75) is 6.92 Å². The van der Waals surface area contributed by atoms with Crippen LogP contribution >= 0.6 is 11.3 Å². The number of anilines is 1. The Morgan fingerprint density at radius 2 is 1.81 bits per heavy atom. The van der Waals surface area contributed by atoms with E-state index in [9.17, 15) is 14.0 Å². The SMILES string of the molecule is CC(=O)c1ccc(OCC(=O)Nc2nc(-c3ccc(F)cc3)cs2)cc1. The van der Waals surface area contributed by atoms with Gasteiger partial charge in [0.25, 0.3) is 5.91 Å². The molecule has 5 nitrogen and oxygen atoms in total. The van der Waals surface area contributed by atoms with Crippen LogP contribution in [-0.4, -0.2) is 23.3 Å². The van der Waals surface area contributed by atoms with E-state index in [-0.39, 0.29) is 24.1 Å². The molecule has 0 fully saturated rings. The molecule has 3 rings (SSSR count). The predicted molar refractivity (Wildman–Crippen MR) is 98.1 cm³/mol. The first-order valence-corrected chi connectivity index (χ1v) is 8.64. The summed E-state index contributed by atoms with van der Waals surface area (Å²) in [6.45, 7) is 1.31. The Morgan fingerprint density at radius 1 is 1.12 bits per heavy atom. The maximum Gasteiger partial charge on any atom is 0.264 e. The minimum absolute atomic E-state index is 0.0324.